The van der Waals surface area contributed by atoms with Crippen LogP contribution < -0.4 is 0 Å². The third-order valence-electron chi connectivity index (χ3n) is 4.47. The number of H-pyrrole nitrogens is 1. The van der Waals surface area contributed by atoms with Gasteiger partial charge in [0, 0.05) is 37.8 Å². The van der Waals surface area contributed by atoms with E-state index >= 15 is 0 Å². The summed E-state index contributed by atoms with van der Waals surface area (Å²) < 4.78 is 0. The Balaban J connectivity index is 1.56. The van der Waals surface area contributed by atoms with Crippen molar-refractivity contribution in [2.24, 2.45) is 0 Å². The van der Waals surface area contributed by atoms with E-state index in [0.717, 1.165) is 31.6 Å². The lowest BCUT2D eigenvalue weighted by Crippen LogP contribution is -2.34. The van der Waals surface area contributed by atoms with Crippen LogP contribution in [0.1, 0.15) is 28.0 Å². The first-order valence-electron chi connectivity index (χ1n) is 7.85. The van der Waals surface area contributed by atoms with Crippen LogP contribution in [0.15, 0.2) is 36.5 Å². The van der Waals surface area contributed by atoms with Gasteiger partial charge in [0.2, 0.25) is 0 Å². The third-order valence-corrected chi connectivity index (χ3v) is 4.47. The van der Waals surface area contributed by atoms with Crippen molar-refractivity contribution in [2.75, 3.05) is 20.1 Å². The van der Waals surface area contributed by atoms with E-state index < -0.39 is 5.97 Å². The summed E-state index contributed by atoms with van der Waals surface area (Å²) in [4.78, 5) is 15.8. The van der Waals surface area contributed by atoms with Crippen LogP contribution in [0.4, 0.5) is 0 Å². The number of likely N-dealkylation sites (tertiary alicyclic amines) is 1. The third kappa shape index (κ3) is 3.78. The number of carboxylic acids is 1. The van der Waals surface area contributed by atoms with E-state index in [1.807, 2.05) is 6.07 Å². The molecule has 2 N–H and O–H groups in total. The Kier molecular flexibility index (Phi) is 4.73. The molecule has 1 fully saturated rings. The zero-order valence-electron chi connectivity index (χ0n) is 13.3. The Morgan fingerprint density at radius 3 is 2.96 bits per heavy atom. The molecule has 2 aromatic rings. The molecule has 1 atom stereocenters. The Morgan fingerprint density at radius 1 is 1.43 bits per heavy atom. The molecule has 0 radical (unpaired) electrons. The molecule has 23 heavy (non-hydrogen) atoms. The number of aromatic amines is 1. The SMILES string of the molecule is CN(Cc1cn[nH]c1C(=O)O)C1CCN(Cc2ccccc2)C1. The van der Waals surface area contributed by atoms with Crippen LogP contribution in [0.3, 0.4) is 0 Å². The molecule has 0 bridgehead atoms. The van der Waals surface area contributed by atoms with Crippen molar-refractivity contribution in [1.29, 1.82) is 0 Å². The highest BCUT2D eigenvalue weighted by atomic mass is 16.4. The predicted molar refractivity (Wildman–Crippen MR) is 87.1 cm³/mol. The Bertz CT molecular complexity index is 656. The first-order valence-corrected chi connectivity index (χ1v) is 7.85. The molecule has 1 aliphatic heterocycles. The van der Waals surface area contributed by atoms with Gasteiger partial charge in [0.1, 0.15) is 5.69 Å². The summed E-state index contributed by atoms with van der Waals surface area (Å²) in [5.74, 6) is -0.956. The first kappa shape index (κ1) is 15.7. The van der Waals surface area contributed by atoms with E-state index in [2.05, 4.69) is 51.3 Å². The molecule has 1 aromatic heterocycles. The molecule has 2 heterocycles. The van der Waals surface area contributed by atoms with Crippen molar-refractivity contribution in [2.45, 2.75) is 25.6 Å². The van der Waals surface area contributed by atoms with Crippen LogP contribution in [0, 0.1) is 0 Å². The second-order valence-electron chi connectivity index (χ2n) is 6.15. The maximum atomic E-state index is 11.1. The summed E-state index contributed by atoms with van der Waals surface area (Å²) >= 11 is 0. The standard InChI is InChI=1S/C17H22N4O2/c1-20(11-14-9-18-19-16(14)17(22)23)15-7-8-21(12-15)10-13-5-3-2-4-6-13/h2-6,9,15H,7-8,10-12H2,1H3,(H,18,19)(H,22,23). The average molecular weight is 314 g/mol. The van der Waals surface area contributed by atoms with Gasteiger partial charge in [0.15, 0.2) is 0 Å². The van der Waals surface area contributed by atoms with Gasteiger partial charge in [-0.1, -0.05) is 30.3 Å². The molecule has 6 nitrogen and oxygen atoms in total. The molecule has 0 aliphatic carbocycles. The van der Waals surface area contributed by atoms with Crippen LogP contribution in [0.25, 0.3) is 0 Å². The number of benzene rings is 1. The number of carboxylic acid groups (broad SMARTS) is 1. The van der Waals surface area contributed by atoms with E-state index in [1.165, 1.54) is 5.56 Å². The lowest BCUT2D eigenvalue weighted by atomic mass is 10.2. The second kappa shape index (κ2) is 6.93. The van der Waals surface area contributed by atoms with Gasteiger partial charge in [-0.15, -0.1) is 0 Å². The first-order chi connectivity index (χ1) is 11.1. The van der Waals surface area contributed by atoms with Gasteiger partial charge in [-0.2, -0.15) is 5.10 Å². The molecular weight excluding hydrogens is 292 g/mol. The highest BCUT2D eigenvalue weighted by Gasteiger charge is 2.26. The fourth-order valence-electron chi connectivity index (χ4n) is 3.17. The Hall–Kier alpha value is -2.18. The number of nitrogens with zero attached hydrogens (tertiary/aromatic N) is 3. The summed E-state index contributed by atoms with van der Waals surface area (Å²) in [7, 11) is 2.05. The minimum Gasteiger partial charge on any atom is -0.477 e. The molecule has 122 valence electrons. The van der Waals surface area contributed by atoms with Crippen LogP contribution in [0.2, 0.25) is 0 Å². The van der Waals surface area contributed by atoms with Gasteiger partial charge in [0.25, 0.3) is 0 Å². The number of likely N-dealkylation sites (N-methyl/N-ethyl adjacent to an activating group) is 1. The van der Waals surface area contributed by atoms with Crippen LogP contribution in [-0.2, 0) is 13.1 Å². The number of aromatic nitrogens is 2. The van der Waals surface area contributed by atoms with Crippen molar-refractivity contribution < 1.29 is 9.90 Å². The van der Waals surface area contributed by atoms with Crippen LogP contribution >= 0.6 is 0 Å². The van der Waals surface area contributed by atoms with Crippen molar-refractivity contribution in [1.82, 2.24) is 20.0 Å². The predicted octanol–water partition coefficient (Wildman–Crippen LogP) is 1.81. The maximum Gasteiger partial charge on any atom is 0.354 e. The molecule has 0 spiro atoms. The largest absolute Gasteiger partial charge is 0.477 e. The van der Waals surface area contributed by atoms with Crippen molar-refractivity contribution >= 4 is 5.97 Å². The summed E-state index contributed by atoms with van der Waals surface area (Å²) in [6, 6.07) is 10.9. The average Bonchev–Trinajstić information content (AvgIpc) is 3.17. The maximum absolute atomic E-state index is 11.1. The zero-order valence-corrected chi connectivity index (χ0v) is 13.3. The smallest absolute Gasteiger partial charge is 0.354 e. The number of nitrogens with one attached hydrogen (secondary N) is 1. The minimum atomic E-state index is -0.956. The summed E-state index contributed by atoms with van der Waals surface area (Å²) in [6.45, 7) is 3.64. The Labute approximate surface area is 135 Å². The number of hydrogen-bond donors (Lipinski definition) is 2. The van der Waals surface area contributed by atoms with Gasteiger partial charge in [-0.05, 0) is 19.0 Å². The molecule has 1 saturated heterocycles. The Morgan fingerprint density at radius 2 is 2.22 bits per heavy atom. The fourth-order valence-corrected chi connectivity index (χ4v) is 3.17. The number of rotatable bonds is 6. The summed E-state index contributed by atoms with van der Waals surface area (Å²) in [5.41, 5.74) is 2.26. The molecule has 0 saturated carbocycles. The molecule has 1 aliphatic rings. The van der Waals surface area contributed by atoms with E-state index in [9.17, 15) is 4.79 Å². The van der Waals surface area contributed by atoms with E-state index in [-0.39, 0.29) is 5.69 Å². The van der Waals surface area contributed by atoms with E-state index in [1.54, 1.807) is 6.20 Å². The molecule has 3 rings (SSSR count). The molecule has 6 heteroatoms. The number of hydrogen-bond acceptors (Lipinski definition) is 4. The number of aromatic carboxylic acids is 1. The van der Waals surface area contributed by atoms with Gasteiger partial charge in [-0.3, -0.25) is 14.9 Å². The number of carbonyl (C=O) groups is 1. The fraction of sp³-hybridized carbons (Fsp3) is 0.412. The molecule has 1 aromatic carbocycles. The topological polar surface area (TPSA) is 72.5 Å². The lowest BCUT2D eigenvalue weighted by molar-refractivity contribution is 0.0687. The summed E-state index contributed by atoms with van der Waals surface area (Å²) in [6.07, 6.45) is 2.71. The quantitative estimate of drug-likeness (QED) is 0.851. The van der Waals surface area contributed by atoms with Gasteiger partial charge in [-0.25, -0.2) is 4.79 Å². The normalized spacial score (nSPS) is 18.6. The van der Waals surface area contributed by atoms with Crippen LogP contribution in [0.5, 0.6) is 0 Å². The highest BCUT2D eigenvalue weighted by molar-refractivity contribution is 5.86. The van der Waals surface area contributed by atoms with Gasteiger partial charge >= 0.3 is 5.97 Å². The monoisotopic (exact) mass is 314 g/mol. The molecular formula is C17H22N4O2. The molecule has 0 amide bonds. The highest BCUT2D eigenvalue weighted by Crippen LogP contribution is 2.19. The van der Waals surface area contributed by atoms with Crippen molar-refractivity contribution in [3.63, 3.8) is 0 Å². The van der Waals surface area contributed by atoms with Crippen molar-refractivity contribution in [3.05, 3.63) is 53.3 Å². The van der Waals surface area contributed by atoms with Gasteiger partial charge < -0.3 is 5.11 Å². The molecule has 1 unspecified atom stereocenters. The lowest BCUT2D eigenvalue weighted by Gasteiger charge is -2.24. The van der Waals surface area contributed by atoms with E-state index in [4.69, 9.17) is 5.11 Å². The summed E-state index contributed by atoms with van der Waals surface area (Å²) in [5, 5.41) is 15.5. The van der Waals surface area contributed by atoms with Gasteiger partial charge in [0.05, 0.1) is 6.20 Å². The van der Waals surface area contributed by atoms with Crippen molar-refractivity contribution in [3.8, 4) is 0 Å². The second-order valence-corrected chi connectivity index (χ2v) is 6.15. The van der Waals surface area contributed by atoms with Crippen LogP contribution in [-0.4, -0.2) is 57.3 Å². The minimum absolute atomic E-state index is 0.191. The van der Waals surface area contributed by atoms with E-state index in [0.29, 0.717) is 12.6 Å². The zero-order chi connectivity index (χ0) is 16.2.